The monoisotopic (exact) mass is 430 g/mol. The molecule has 2 aromatic heterocycles. The van der Waals surface area contributed by atoms with Crippen molar-refractivity contribution in [3.63, 3.8) is 0 Å². The van der Waals surface area contributed by atoms with Crippen molar-refractivity contribution in [3.05, 3.63) is 101 Å². The predicted octanol–water partition coefficient (Wildman–Crippen LogP) is 4.93. The van der Waals surface area contributed by atoms with E-state index in [1.165, 1.54) is 0 Å². The maximum Gasteiger partial charge on any atom is 0.170 e. The first-order valence-electron chi connectivity index (χ1n) is 9.78. The Kier molecular flexibility index (Phi) is 6.54. The molecule has 0 radical (unpaired) electrons. The maximum atomic E-state index is 6.07. The lowest BCUT2D eigenvalue weighted by atomic mass is 10.2. The molecule has 0 aliphatic carbocycles. The molecule has 4 rings (SSSR count). The summed E-state index contributed by atoms with van der Waals surface area (Å²) in [6.45, 7) is 2.75. The van der Waals surface area contributed by atoms with Crippen molar-refractivity contribution in [2.45, 2.75) is 20.1 Å². The molecular formula is C24H22N4O2S. The Morgan fingerprint density at radius 1 is 1.00 bits per heavy atom. The van der Waals surface area contributed by atoms with Gasteiger partial charge in [-0.2, -0.15) is 0 Å². The molecule has 0 aliphatic rings. The van der Waals surface area contributed by atoms with Crippen LogP contribution >= 0.6 is 11.3 Å². The summed E-state index contributed by atoms with van der Waals surface area (Å²) in [5, 5.41) is 5.03. The van der Waals surface area contributed by atoms with Crippen LogP contribution in [0, 0.1) is 6.92 Å². The molecule has 0 aliphatic heterocycles. The fraction of sp³-hybridized carbons (Fsp3) is 0.125. The zero-order valence-electron chi connectivity index (χ0n) is 17.1. The first kappa shape index (κ1) is 20.6. The molecule has 6 nitrogen and oxygen atoms in total. The zero-order chi connectivity index (χ0) is 21.5. The molecule has 7 heteroatoms. The molecule has 0 atom stereocenters. The highest BCUT2D eigenvalue weighted by atomic mass is 32.1. The number of thiazole rings is 1. The van der Waals surface area contributed by atoms with Crippen LogP contribution in [0.15, 0.2) is 84.3 Å². The fourth-order valence-electron chi connectivity index (χ4n) is 2.85. The Bertz CT molecular complexity index is 1140. The van der Waals surface area contributed by atoms with Crippen molar-refractivity contribution >= 4 is 17.2 Å². The Hall–Kier alpha value is -3.71. The van der Waals surface area contributed by atoms with Gasteiger partial charge in [0, 0.05) is 29.1 Å². The number of aryl methyl sites for hydroxylation is 1. The average molecular weight is 431 g/mol. The summed E-state index contributed by atoms with van der Waals surface area (Å²) in [6.07, 6.45) is 3.52. The lowest BCUT2D eigenvalue weighted by Crippen LogP contribution is -2.13. The van der Waals surface area contributed by atoms with Crippen LogP contribution in [0.4, 0.5) is 0 Å². The second kappa shape index (κ2) is 9.86. The molecule has 0 fully saturated rings. The quantitative estimate of drug-likeness (QED) is 0.243. The van der Waals surface area contributed by atoms with E-state index in [4.69, 9.17) is 15.3 Å². The van der Waals surface area contributed by atoms with Gasteiger partial charge in [-0.3, -0.25) is 4.98 Å². The van der Waals surface area contributed by atoms with Crippen molar-refractivity contribution < 1.29 is 9.57 Å². The summed E-state index contributed by atoms with van der Waals surface area (Å²) < 4.78 is 5.76. The topological polar surface area (TPSA) is 82.6 Å². The highest BCUT2D eigenvalue weighted by Gasteiger charge is 2.10. The van der Waals surface area contributed by atoms with E-state index >= 15 is 0 Å². The molecule has 0 bridgehead atoms. The molecule has 0 spiro atoms. The number of aromatic nitrogens is 2. The van der Waals surface area contributed by atoms with Crippen LogP contribution in [0.5, 0.6) is 5.75 Å². The largest absolute Gasteiger partial charge is 0.489 e. The van der Waals surface area contributed by atoms with Crippen LogP contribution in [0.3, 0.4) is 0 Å². The van der Waals surface area contributed by atoms with E-state index in [2.05, 4.69) is 15.1 Å². The minimum Gasteiger partial charge on any atom is -0.489 e. The summed E-state index contributed by atoms with van der Waals surface area (Å²) in [5.41, 5.74) is 9.88. The van der Waals surface area contributed by atoms with Crippen molar-refractivity contribution in [3.8, 4) is 16.3 Å². The van der Waals surface area contributed by atoms with E-state index < -0.39 is 0 Å². The van der Waals surface area contributed by atoms with Gasteiger partial charge in [-0.15, -0.1) is 11.3 Å². The van der Waals surface area contributed by atoms with Gasteiger partial charge in [-0.25, -0.2) is 4.98 Å². The third kappa shape index (κ3) is 5.46. The first-order chi connectivity index (χ1) is 15.2. The van der Waals surface area contributed by atoms with E-state index in [9.17, 15) is 0 Å². The van der Waals surface area contributed by atoms with Gasteiger partial charge in [0.15, 0.2) is 12.4 Å². The number of benzene rings is 2. The third-order valence-electron chi connectivity index (χ3n) is 4.55. The van der Waals surface area contributed by atoms with Crippen LogP contribution in [-0.4, -0.2) is 15.8 Å². The molecule has 0 saturated carbocycles. The van der Waals surface area contributed by atoms with Crippen molar-refractivity contribution in [1.82, 2.24) is 9.97 Å². The van der Waals surface area contributed by atoms with Crippen LogP contribution in [-0.2, 0) is 18.1 Å². The van der Waals surface area contributed by atoms with Gasteiger partial charge in [0.1, 0.15) is 17.4 Å². The minimum absolute atomic E-state index is 0.310. The van der Waals surface area contributed by atoms with Crippen molar-refractivity contribution in [1.29, 1.82) is 0 Å². The van der Waals surface area contributed by atoms with Crippen LogP contribution in [0.25, 0.3) is 10.6 Å². The second-order valence-electron chi connectivity index (χ2n) is 6.82. The summed E-state index contributed by atoms with van der Waals surface area (Å²) in [4.78, 5) is 15.2. The smallest absolute Gasteiger partial charge is 0.170 e. The van der Waals surface area contributed by atoms with Crippen molar-refractivity contribution in [2.75, 3.05) is 0 Å². The van der Waals surface area contributed by atoms with Crippen LogP contribution in [0.2, 0.25) is 0 Å². The Morgan fingerprint density at radius 3 is 2.55 bits per heavy atom. The first-order valence-corrected chi connectivity index (χ1v) is 10.6. The molecular weight excluding hydrogens is 408 g/mol. The van der Waals surface area contributed by atoms with E-state index in [0.29, 0.717) is 19.0 Å². The van der Waals surface area contributed by atoms with Gasteiger partial charge >= 0.3 is 0 Å². The molecule has 0 unspecified atom stereocenters. The highest BCUT2D eigenvalue weighted by molar-refractivity contribution is 7.15. The summed E-state index contributed by atoms with van der Waals surface area (Å²) in [5.74, 6) is 1.05. The molecule has 0 saturated heterocycles. The number of rotatable bonds is 8. The van der Waals surface area contributed by atoms with E-state index in [0.717, 1.165) is 38.0 Å². The molecule has 156 valence electrons. The molecule has 2 heterocycles. The van der Waals surface area contributed by atoms with E-state index in [1.807, 2.05) is 73.7 Å². The number of amidine groups is 1. The number of ether oxygens (including phenoxy) is 1. The lowest BCUT2D eigenvalue weighted by molar-refractivity contribution is 0.132. The standard InChI is InChI=1S/C24H22N4O2S/c1-17-22(31-24(27-17)20-7-3-2-4-8-20)16-30-28-23(25)19-9-11-21(12-10-19)29-15-18-6-5-13-26-14-18/h2-14H,15-16H2,1H3,(H2,25,28). The van der Waals surface area contributed by atoms with Crippen molar-refractivity contribution in [2.24, 2.45) is 10.9 Å². The van der Waals surface area contributed by atoms with Gasteiger partial charge in [-0.1, -0.05) is 41.6 Å². The fourth-order valence-corrected chi connectivity index (χ4v) is 3.83. The highest BCUT2D eigenvalue weighted by Crippen LogP contribution is 2.28. The zero-order valence-corrected chi connectivity index (χ0v) is 17.9. The Labute approximate surface area is 185 Å². The summed E-state index contributed by atoms with van der Waals surface area (Å²) in [7, 11) is 0. The SMILES string of the molecule is Cc1nc(-c2ccccc2)sc1CO/N=C(/N)c1ccc(OCc2cccnc2)cc1. The molecule has 31 heavy (non-hydrogen) atoms. The maximum absolute atomic E-state index is 6.07. The predicted molar refractivity (Wildman–Crippen MR) is 123 cm³/mol. The Balaban J connectivity index is 1.33. The molecule has 2 N–H and O–H groups in total. The van der Waals surface area contributed by atoms with Gasteiger partial charge in [0.05, 0.1) is 10.6 Å². The van der Waals surface area contributed by atoms with E-state index in [1.54, 1.807) is 23.7 Å². The van der Waals surface area contributed by atoms with Crippen LogP contribution in [0.1, 0.15) is 21.7 Å². The number of hydrogen-bond acceptors (Lipinski definition) is 6. The van der Waals surface area contributed by atoms with E-state index in [-0.39, 0.29) is 0 Å². The molecule has 2 aromatic carbocycles. The summed E-state index contributed by atoms with van der Waals surface area (Å²) >= 11 is 1.60. The van der Waals surface area contributed by atoms with Gasteiger partial charge in [-0.05, 0) is 37.3 Å². The number of nitrogens with two attached hydrogens (primary N) is 1. The van der Waals surface area contributed by atoms with Gasteiger partial charge in [0.2, 0.25) is 0 Å². The van der Waals surface area contributed by atoms with Crippen LogP contribution < -0.4 is 10.5 Å². The number of hydrogen-bond donors (Lipinski definition) is 1. The Morgan fingerprint density at radius 2 is 1.81 bits per heavy atom. The average Bonchev–Trinajstić information content (AvgIpc) is 3.19. The number of nitrogens with zero attached hydrogens (tertiary/aromatic N) is 3. The molecule has 0 amide bonds. The normalized spacial score (nSPS) is 11.3. The summed E-state index contributed by atoms with van der Waals surface area (Å²) in [6, 6.07) is 21.4. The van der Waals surface area contributed by atoms with Gasteiger partial charge in [0.25, 0.3) is 0 Å². The molecule has 4 aromatic rings. The minimum atomic E-state index is 0.310. The lowest BCUT2D eigenvalue weighted by Gasteiger charge is -2.07. The number of oxime groups is 1. The van der Waals surface area contributed by atoms with Gasteiger partial charge < -0.3 is 15.3 Å². The second-order valence-corrected chi connectivity index (χ2v) is 7.90. The third-order valence-corrected chi connectivity index (χ3v) is 5.73. The number of pyridine rings is 1.